The highest BCUT2D eigenvalue weighted by Gasteiger charge is 2.10. The number of nitrogens with zero attached hydrogens (tertiary/aromatic N) is 4. The van der Waals surface area contributed by atoms with Crippen LogP contribution >= 0.6 is 0 Å². The van der Waals surface area contributed by atoms with Crippen molar-refractivity contribution in [2.75, 3.05) is 5.73 Å². The zero-order valence-corrected chi connectivity index (χ0v) is 9.23. The van der Waals surface area contributed by atoms with Gasteiger partial charge in [-0.3, -0.25) is 9.36 Å². The van der Waals surface area contributed by atoms with Crippen LogP contribution in [0.4, 0.5) is 5.82 Å². The van der Waals surface area contributed by atoms with E-state index in [-0.39, 0.29) is 0 Å². The smallest absolute Gasteiger partial charge is 0.126 e. The largest absolute Gasteiger partial charge is 0.384 e. The molecule has 0 fully saturated rings. The van der Waals surface area contributed by atoms with Crippen molar-refractivity contribution in [3.05, 3.63) is 29.2 Å². The summed E-state index contributed by atoms with van der Waals surface area (Å²) >= 11 is 0. The van der Waals surface area contributed by atoms with E-state index < -0.39 is 0 Å². The lowest BCUT2D eigenvalue weighted by Gasteiger charge is -2.01. The summed E-state index contributed by atoms with van der Waals surface area (Å²) < 4.78 is 3.57. The number of aryl methyl sites for hydroxylation is 3. The van der Waals surface area contributed by atoms with Gasteiger partial charge in [-0.25, -0.2) is 0 Å². The third-order valence-electron chi connectivity index (χ3n) is 2.48. The van der Waals surface area contributed by atoms with Crippen molar-refractivity contribution in [1.82, 2.24) is 19.6 Å². The first-order chi connectivity index (χ1) is 7.08. The number of hydrogen-bond donors (Lipinski definition) is 1. The van der Waals surface area contributed by atoms with Gasteiger partial charge < -0.3 is 5.73 Å². The van der Waals surface area contributed by atoms with Gasteiger partial charge in [-0.15, -0.1) is 0 Å². The minimum Gasteiger partial charge on any atom is -0.384 e. The Morgan fingerprint density at radius 3 is 2.60 bits per heavy atom. The Balaban J connectivity index is 2.31. The summed E-state index contributed by atoms with van der Waals surface area (Å²) in [6, 6.07) is 0. The minimum absolute atomic E-state index is 0.680. The number of nitrogen functional groups attached to an aromatic ring is 1. The molecule has 0 aliphatic carbocycles. The number of rotatable bonds is 2. The standard InChI is InChI=1S/C10H15N5/c1-7-4-12-15(5-7)6-9-8(2)13-14(3)10(9)11/h4-5H,6,11H2,1-3H3. The molecule has 80 valence electrons. The van der Waals surface area contributed by atoms with E-state index in [1.807, 2.05) is 38.0 Å². The second kappa shape index (κ2) is 3.42. The van der Waals surface area contributed by atoms with E-state index >= 15 is 0 Å². The predicted molar refractivity (Wildman–Crippen MR) is 58.4 cm³/mol. The summed E-state index contributed by atoms with van der Waals surface area (Å²) in [7, 11) is 1.85. The van der Waals surface area contributed by atoms with Gasteiger partial charge in [0.25, 0.3) is 0 Å². The third-order valence-corrected chi connectivity index (χ3v) is 2.48. The number of nitrogens with two attached hydrogens (primary N) is 1. The fourth-order valence-electron chi connectivity index (χ4n) is 1.63. The third kappa shape index (κ3) is 1.72. The van der Waals surface area contributed by atoms with Gasteiger partial charge in [-0.1, -0.05) is 0 Å². The van der Waals surface area contributed by atoms with Gasteiger partial charge in [0.05, 0.1) is 18.4 Å². The lowest BCUT2D eigenvalue weighted by atomic mass is 10.2. The van der Waals surface area contributed by atoms with Gasteiger partial charge in [0.2, 0.25) is 0 Å². The quantitative estimate of drug-likeness (QED) is 0.791. The fourth-order valence-corrected chi connectivity index (χ4v) is 1.63. The molecule has 0 spiro atoms. The van der Waals surface area contributed by atoms with E-state index in [1.54, 1.807) is 4.68 Å². The molecule has 0 aliphatic heterocycles. The van der Waals surface area contributed by atoms with E-state index in [0.29, 0.717) is 12.4 Å². The van der Waals surface area contributed by atoms with Crippen LogP contribution in [0.1, 0.15) is 16.8 Å². The van der Waals surface area contributed by atoms with Gasteiger partial charge in [0.1, 0.15) is 5.82 Å². The SMILES string of the molecule is Cc1cnn(Cc2c(C)nn(C)c2N)c1. The summed E-state index contributed by atoms with van der Waals surface area (Å²) in [5, 5.41) is 8.49. The second-order valence-electron chi connectivity index (χ2n) is 3.79. The van der Waals surface area contributed by atoms with Crippen LogP contribution in [0.3, 0.4) is 0 Å². The Morgan fingerprint density at radius 2 is 2.13 bits per heavy atom. The fraction of sp³-hybridized carbons (Fsp3) is 0.400. The van der Waals surface area contributed by atoms with Crippen LogP contribution in [0.25, 0.3) is 0 Å². The molecule has 2 heterocycles. The molecule has 0 unspecified atom stereocenters. The van der Waals surface area contributed by atoms with Crippen LogP contribution in [0.2, 0.25) is 0 Å². The molecule has 5 nitrogen and oxygen atoms in total. The van der Waals surface area contributed by atoms with Crippen LogP contribution in [0.5, 0.6) is 0 Å². The van der Waals surface area contributed by atoms with E-state index in [4.69, 9.17) is 5.73 Å². The highest BCUT2D eigenvalue weighted by Crippen LogP contribution is 2.16. The molecule has 2 aromatic rings. The monoisotopic (exact) mass is 205 g/mol. The molecular weight excluding hydrogens is 190 g/mol. The van der Waals surface area contributed by atoms with Crippen molar-refractivity contribution < 1.29 is 0 Å². The van der Waals surface area contributed by atoms with Crippen molar-refractivity contribution in [3.8, 4) is 0 Å². The Bertz CT molecular complexity index is 480. The van der Waals surface area contributed by atoms with E-state index in [1.165, 1.54) is 0 Å². The Hall–Kier alpha value is -1.78. The first kappa shape index (κ1) is 9.76. The molecule has 0 saturated carbocycles. The molecule has 0 saturated heterocycles. The molecule has 0 aromatic carbocycles. The number of aromatic nitrogens is 4. The molecule has 0 atom stereocenters. The van der Waals surface area contributed by atoms with Gasteiger partial charge in [0, 0.05) is 18.8 Å². The van der Waals surface area contributed by atoms with E-state index in [0.717, 1.165) is 16.8 Å². The van der Waals surface area contributed by atoms with Gasteiger partial charge >= 0.3 is 0 Å². The molecule has 5 heteroatoms. The molecule has 0 radical (unpaired) electrons. The van der Waals surface area contributed by atoms with Crippen molar-refractivity contribution in [2.45, 2.75) is 20.4 Å². The second-order valence-corrected chi connectivity index (χ2v) is 3.79. The van der Waals surface area contributed by atoms with Crippen molar-refractivity contribution in [2.24, 2.45) is 7.05 Å². The topological polar surface area (TPSA) is 61.7 Å². The molecule has 15 heavy (non-hydrogen) atoms. The molecule has 2 N–H and O–H groups in total. The predicted octanol–water partition coefficient (Wildman–Crippen LogP) is 0.864. The number of hydrogen-bond acceptors (Lipinski definition) is 3. The van der Waals surface area contributed by atoms with Crippen LogP contribution < -0.4 is 5.73 Å². The van der Waals surface area contributed by atoms with E-state index in [9.17, 15) is 0 Å². The van der Waals surface area contributed by atoms with Crippen LogP contribution in [-0.2, 0) is 13.6 Å². The molecular formula is C10H15N5. The first-order valence-corrected chi connectivity index (χ1v) is 4.85. The molecule has 0 aliphatic rings. The molecule has 2 aromatic heterocycles. The Kier molecular flexibility index (Phi) is 2.22. The van der Waals surface area contributed by atoms with Crippen molar-refractivity contribution in [1.29, 1.82) is 0 Å². The summed E-state index contributed by atoms with van der Waals surface area (Å²) in [5.41, 5.74) is 9.07. The van der Waals surface area contributed by atoms with E-state index in [2.05, 4.69) is 10.2 Å². The van der Waals surface area contributed by atoms with Crippen LogP contribution in [0, 0.1) is 13.8 Å². The molecule has 2 rings (SSSR count). The van der Waals surface area contributed by atoms with Gasteiger partial charge in [-0.05, 0) is 19.4 Å². The van der Waals surface area contributed by atoms with Crippen molar-refractivity contribution >= 4 is 5.82 Å². The van der Waals surface area contributed by atoms with Gasteiger partial charge in [0.15, 0.2) is 0 Å². The number of anilines is 1. The van der Waals surface area contributed by atoms with Crippen LogP contribution in [-0.4, -0.2) is 19.6 Å². The first-order valence-electron chi connectivity index (χ1n) is 4.85. The maximum atomic E-state index is 5.92. The zero-order chi connectivity index (χ0) is 11.0. The molecule has 0 bridgehead atoms. The van der Waals surface area contributed by atoms with Crippen molar-refractivity contribution in [3.63, 3.8) is 0 Å². The summed E-state index contributed by atoms with van der Waals surface area (Å²) in [5.74, 6) is 0.709. The highest BCUT2D eigenvalue weighted by molar-refractivity contribution is 5.42. The normalized spacial score (nSPS) is 10.9. The highest BCUT2D eigenvalue weighted by atomic mass is 15.3. The molecule has 0 amide bonds. The lowest BCUT2D eigenvalue weighted by molar-refractivity contribution is 0.685. The Morgan fingerprint density at radius 1 is 1.40 bits per heavy atom. The maximum Gasteiger partial charge on any atom is 0.126 e. The maximum absolute atomic E-state index is 5.92. The zero-order valence-electron chi connectivity index (χ0n) is 9.23. The van der Waals surface area contributed by atoms with Crippen LogP contribution in [0.15, 0.2) is 12.4 Å². The minimum atomic E-state index is 0.680. The lowest BCUT2D eigenvalue weighted by Crippen LogP contribution is -2.04. The average Bonchev–Trinajstić information content (AvgIpc) is 2.67. The summed E-state index contributed by atoms with van der Waals surface area (Å²) in [6.45, 7) is 4.66. The summed E-state index contributed by atoms with van der Waals surface area (Å²) in [6.07, 6.45) is 3.83. The Labute approximate surface area is 88.5 Å². The van der Waals surface area contributed by atoms with Gasteiger partial charge in [-0.2, -0.15) is 10.2 Å². The summed E-state index contributed by atoms with van der Waals surface area (Å²) in [4.78, 5) is 0. The average molecular weight is 205 g/mol.